The lowest BCUT2D eigenvalue weighted by molar-refractivity contribution is -0.119. The predicted molar refractivity (Wildman–Crippen MR) is 78.2 cm³/mol. The summed E-state index contributed by atoms with van der Waals surface area (Å²) in [5, 5.41) is 2.49. The second-order valence-corrected chi connectivity index (χ2v) is 4.32. The Morgan fingerprint density at radius 3 is 2.20 bits per heavy atom. The Kier molecular flexibility index (Phi) is 7.31. The number of carbonyl (C=O) groups is 1. The maximum atomic E-state index is 13.8. The standard InChI is InChI=1S/C13H19FN2O3.ClH/c1-7(8(2)15)13(17)16-10-6-12(19-4)11(18-3)5-9(10)14;/h5-8H,15H2,1-4H3,(H,16,17);1H. The zero-order valence-corrected chi connectivity index (χ0v) is 12.7. The van der Waals surface area contributed by atoms with E-state index in [1.165, 1.54) is 20.3 Å². The van der Waals surface area contributed by atoms with Crippen LogP contribution >= 0.6 is 12.4 Å². The van der Waals surface area contributed by atoms with Crippen LogP contribution in [0.5, 0.6) is 11.5 Å². The van der Waals surface area contributed by atoms with Gasteiger partial charge in [0.25, 0.3) is 0 Å². The van der Waals surface area contributed by atoms with Gasteiger partial charge >= 0.3 is 0 Å². The number of rotatable bonds is 5. The topological polar surface area (TPSA) is 73.6 Å². The summed E-state index contributed by atoms with van der Waals surface area (Å²) in [5.41, 5.74) is 5.67. The van der Waals surface area contributed by atoms with Crippen LogP contribution in [0.2, 0.25) is 0 Å². The van der Waals surface area contributed by atoms with Gasteiger partial charge in [-0.05, 0) is 6.92 Å². The molecule has 20 heavy (non-hydrogen) atoms. The summed E-state index contributed by atoms with van der Waals surface area (Å²) in [4.78, 5) is 11.8. The molecule has 0 aliphatic carbocycles. The molecule has 0 bridgehead atoms. The van der Waals surface area contributed by atoms with Gasteiger partial charge < -0.3 is 20.5 Å². The van der Waals surface area contributed by atoms with E-state index in [2.05, 4.69) is 5.32 Å². The summed E-state index contributed by atoms with van der Waals surface area (Å²) >= 11 is 0. The SMILES string of the molecule is COc1cc(F)c(NC(=O)C(C)C(C)N)cc1OC.Cl. The summed E-state index contributed by atoms with van der Waals surface area (Å²) in [5.74, 6) is -0.762. The minimum Gasteiger partial charge on any atom is -0.493 e. The van der Waals surface area contributed by atoms with Crippen LogP contribution in [0.1, 0.15) is 13.8 Å². The van der Waals surface area contributed by atoms with E-state index >= 15 is 0 Å². The molecule has 0 fully saturated rings. The average molecular weight is 307 g/mol. The van der Waals surface area contributed by atoms with Gasteiger partial charge in [-0.15, -0.1) is 12.4 Å². The Balaban J connectivity index is 0.00000361. The molecule has 0 heterocycles. The zero-order valence-electron chi connectivity index (χ0n) is 11.9. The van der Waals surface area contributed by atoms with Gasteiger partial charge in [-0.1, -0.05) is 6.92 Å². The molecule has 0 saturated heterocycles. The number of hydrogen-bond donors (Lipinski definition) is 2. The van der Waals surface area contributed by atoms with Gasteiger partial charge in [0, 0.05) is 18.2 Å². The number of amides is 1. The van der Waals surface area contributed by atoms with Crippen LogP contribution in [0, 0.1) is 11.7 Å². The molecular weight excluding hydrogens is 287 g/mol. The molecule has 0 saturated carbocycles. The van der Waals surface area contributed by atoms with Crippen LogP contribution < -0.4 is 20.5 Å². The molecule has 0 aliphatic rings. The molecular formula is C13H20ClFN2O3. The van der Waals surface area contributed by atoms with Gasteiger partial charge in [0.1, 0.15) is 0 Å². The van der Waals surface area contributed by atoms with Gasteiger partial charge in [0.2, 0.25) is 5.91 Å². The molecule has 0 spiro atoms. The quantitative estimate of drug-likeness (QED) is 0.874. The fourth-order valence-electron chi connectivity index (χ4n) is 1.44. The van der Waals surface area contributed by atoms with E-state index in [-0.39, 0.29) is 35.8 Å². The first-order valence-corrected chi connectivity index (χ1v) is 5.88. The number of halogens is 2. The van der Waals surface area contributed by atoms with E-state index < -0.39 is 11.7 Å². The predicted octanol–water partition coefficient (Wildman–Crippen LogP) is 2.19. The molecule has 3 N–H and O–H groups in total. The van der Waals surface area contributed by atoms with Crippen molar-refractivity contribution in [3.63, 3.8) is 0 Å². The molecule has 5 nitrogen and oxygen atoms in total. The number of hydrogen-bond acceptors (Lipinski definition) is 4. The molecule has 0 radical (unpaired) electrons. The maximum absolute atomic E-state index is 13.8. The van der Waals surface area contributed by atoms with Crippen molar-refractivity contribution >= 4 is 24.0 Å². The molecule has 0 aromatic heterocycles. The monoisotopic (exact) mass is 306 g/mol. The summed E-state index contributed by atoms with van der Waals surface area (Å²) in [7, 11) is 2.85. The lowest BCUT2D eigenvalue weighted by Crippen LogP contribution is -2.34. The van der Waals surface area contributed by atoms with E-state index in [4.69, 9.17) is 15.2 Å². The highest BCUT2D eigenvalue weighted by molar-refractivity contribution is 5.93. The van der Waals surface area contributed by atoms with Crippen molar-refractivity contribution in [2.75, 3.05) is 19.5 Å². The minimum atomic E-state index is -0.595. The third-order valence-corrected chi connectivity index (χ3v) is 2.93. The molecule has 0 aliphatic heterocycles. The highest BCUT2D eigenvalue weighted by Crippen LogP contribution is 2.32. The second-order valence-electron chi connectivity index (χ2n) is 4.32. The smallest absolute Gasteiger partial charge is 0.228 e. The molecule has 1 rings (SSSR count). The minimum absolute atomic E-state index is 0. The Hall–Kier alpha value is -1.53. The first-order chi connectivity index (χ1) is 8.90. The van der Waals surface area contributed by atoms with Crippen LogP contribution in [0.3, 0.4) is 0 Å². The summed E-state index contributed by atoms with van der Waals surface area (Å²) in [6.45, 7) is 3.40. The van der Waals surface area contributed by atoms with Gasteiger partial charge in [0.05, 0.1) is 25.8 Å². The molecule has 1 aromatic carbocycles. The first kappa shape index (κ1) is 18.5. The summed E-state index contributed by atoms with van der Waals surface area (Å²) in [6, 6.07) is 2.22. The summed E-state index contributed by atoms with van der Waals surface area (Å²) in [6.07, 6.45) is 0. The number of carbonyl (C=O) groups excluding carboxylic acids is 1. The number of anilines is 1. The van der Waals surface area contributed by atoms with Crippen molar-refractivity contribution in [1.29, 1.82) is 0 Å². The van der Waals surface area contributed by atoms with Crippen molar-refractivity contribution < 1.29 is 18.7 Å². The maximum Gasteiger partial charge on any atom is 0.228 e. The molecule has 2 unspecified atom stereocenters. The number of nitrogens with two attached hydrogens (primary N) is 1. The van der Waals surface area contributed by atoms with Crippen molar-refractivity contribution in [1.82, 2.24) is 0 Å². The number of nitrogens with one attached hydrogen (secondary N) is 1. The second kappa shape index (κ2) is 7.91. The van der Waals surface area contributed by atoms with Gasteiger partial charge in [-0.25, -0.2) is 4.39 Å². The van der Waals surface area contributed by atoms with Gasteiger partial charge in [-0.3, -0.25) is 4.79 Å². The number of ether oxygens (including phenoxy) is 2. The van der Waals surface area contributed by atoms with E-state index in [1.807, 2.05) is 0 Å². The molecule has 114 valence electrons. The largest absolute Gasteiger partial charge is 0.493 e. The van der Waals surface area contributed by atoms with Gasteiger partial charge in [0.15, 0.2) is 17.3 Å². The number of benzene rings is 1. The van der Waals surface area contributed by atoms with E-state index in [0.717, 1.165) is 6.07 Å². The van der Waals surface area contributed by atoms with Crippen molar-refractivity contribution in [3.05, 3.63) is 17.9 Å². The molecule has 1 amide bonds. The highest BCUT2D eigenvalue weighted by Gasteiger charge is 2.19. The van der Waals surface area contributed by atoms with Crippen molar-refractivity contribution in [2.24, 2.45) is 11.7 Å². The average Bonchev–Trinajstić information content (AvgIpc) is 2.39. The molecule has 7 heteroatoms. The third kappa shape index (κ3) is 4.25. The first-order valence-electron chi connectivity index (χ1n) is 5.88. The molecule has 2 atom stereocenters. The fourth-order valence-corrected chi connectivity index (χ4v) is 1.44. The van der Waals surface area contributed by atoms with Crippen LogP contribution in [-0.4, -0.2) is 26.2 Å². The highest BCUT2D eigenvalue weighted by atomic mass is 35.5. The van der Waals surface area contributed by atoms with Crippen LogP contribution in [0.15, 0.2) is 12.1 Å². The van der Waals surface area contributed by atoms with Crippen molar-refractivity contribution in [2.45, 2.75) is 19.9 Å². The summed E-state index contributed by atoms with van der Waals surface area (Å²) < 4.78 is 23.8. The lowest BCUT2D eigenvalue weighted by Gasteiger charge is -2.17. The normalized spacial score (nSPS) is 12.9. The van der Waals surface area contributed by atoms with Gasteiger partial charge in [-0.2, -0.15) is 0 Å². The van der Waals surface area contributed by atoms with Crippen LogP contribution in [0.4, 0.5) is 10.1 Å². The lowest BCUT2D eigenvalue weighted by atomic mass is 10.0. The van der Waals surface area contributed by atoms with E-state index in [1.54, 1.807) is 13.8 Å². The van der Waals surface area contributed by atoms with Crippen LogP contribution in [-0.2, 0) is 4.79 Å². The third-order valence-electron chi connectivity index (χ3n) is 2.93. The Labute approximate surface area is 124 Å². The Morgan fingerprint density at radius 2 is 1.75 bits per heavy atom. The van der Waals surface area contributed by atoms with E-state index in [0.29, 0.717) is 5.75 Å². The van der Waals surface area contributed by atoms with E-state index in [9.17, 15) is 9.18 Å². The Bertz CT molecular complexity index is 469. The van der Waals surface area contributed by atoms with Crippen LogP contribution in [0.25, 0.3) is 0 Å². The Morgan fingerprint density at radius 1 is 1.25 bits per heavy atom. The molecule has 1 aromatic rings. The fraction of sp³-hybridized carbons (Fsp3) is 0.462. The van der Waals surface area contributed by atoms with Crippen molar-refractivity contribution in [3.8, 4) is 11.5 Å². The number of methoxy groups -OCH3 is 2. The zero-order chi connectivity index (χ0) is 14.6.